The first kappa shape index (κ1) is 54.9. The first-order chi connectivity index (χ1) is 28.4. The van der Waals surface area contributed by atoms with E-state index in [0.29, 0.717) is 103 Å². The molecule has 1 aromatic carbocycles. The van der Waals surface area contributed by atoms with E-state index < -0.39 is 17.8 Å². The Balaban J connectivity index is 0.00000120. The average Bonchev–Trinajstić information content (AvgIpc) is 3.20. The molecule has 0 radical (unpaired) electrons. The monoisotopic (exact) mass is 867 g/mol. The van der Waals surface area contributed by atoms with Crippen LogP contribution in [0.25, 0.3) is 0 Å². The minimum atomic E-state index is -1.30. The van der Waals surface area contributed by atoms with E-state index in [4.69, 9.17) is 35.3 Å². The van der Waals surface area contributed by atoms with E-state index in [-0.39, 0.29) is 81.7 Å². The van der Waals surface area contributed by atoms with Crippen molar-refractivity contribution in [3.05, 3.63) is 107 Å². The smallest absolute Gasteiger partial charge is 0.487 e. The van der Waals surface area contributed by atoms with Gasteiger partial charge in [-0.3, -0.25) is 15.6 Å². The van der Waals surface area contributed by atoms with Crippen LogP contribution in [0, 0.1) is 19.8 Å². The number of rotatable bonds is 12. The molecule has 0 atom stereocenters. The fourth-order valence-corrected chi connectivity index (χ4v) is 5.45. The number of carboxylic acids is 2. The summed E-state index contributed by atoms with van der Waals surface area (Å²) in [4.78, 5) is 35.3. The van der Waals surface area contributed by atoms with Gasteiger partial charge in [-0.1, -0.05) is 57.0 Å². The number of carbonyl (C=O) groups is 2. The molecule has 4 rings (SSSR count). The summed E-state index contributed by atoms with van der Waals surface area (Å²) in [7, 11) is 3.48. The maximum Gasteiger partial charge on any atom is 1.00 e. The van der Waals surface area contributed by atoms with Crippen LogP contribution in [0.2, 0.25) is 0 Å². The zero-order valence-electron chi connectivity index (χ0n) is 35.9. The molecule has 0 aliphatic carbocycles. The standard InChI is InChI=1S/C30H43FN7O9.C10H14.C2H6.K/c1-36(33)18-23(32)21-47-26-16-25(35-28(17-26)30(41)42)20-38-4-8-45-12-10-43-6-2-37(3-7-44-11-13-46-9-5-38)19-24-14-22(31)15-27(34-24)29(39)40;1-3-4-10-7-5-9(2)6-8-10;1-2;/h14-18H,1-13,19-21,32-33H2,(H,39,40)(H,41,42);5-8H,3-4H2,1-2H3;1-2H3;/q-1;;;+1/b23-18-;;;. The Hall–Kier alpha value is -3.11. The number of hydrogen-bond donors (Lipinski definition) is 4. The van der Waals surface area contributed by atoms with E-state index in [9.17, 15) is 24.2 Å². The third kappa shape index (κ3) is 24.4. The molecule has 0 unspecified atom stereocenters. The molecule has 60 heavy (non-hydrogen) atoms. The Morgan fingerprint density at radius 2 is 1.27 bits per heavy atom. The van der Waals surface area contributed by atoms with E-state index in [1.807, 2.05) is 23.6 Å². The topological polar surface area (TPSA) is 208 Å². The molecule has 0 saturated carbocycles. The Morgan fingerprint density at radius 1 is 0.817 bits per heavy atom. The van der Waals surface area contributed by atoms with Crippen LogP contribution in [0.5, 0.6) is 5.75 Å². The predicted octanol–water partition coefficient (Wildman–Crippen LogP) is 1.52. The Bertz CT molecular complexity index is 1670. The zero-order valence-corrected chi connectivity index (χ0v) is 39.1. The summed E-state index contributed by atoms with van der Waals surface area (Å²) in [5.41, 5.74) is 9.20. The molecule has 3 aromatic rings. The normalized spacial score (nSPS) is 15.3. The van der Waals surface area contributed by atoms with Gasteiger partial charge in [-0.15, -0.1) is 0 Å². The van der Waals surface area contributed by atoms with Crippen molar-refractivity contribution in [3.63, 3.8) is 0 Å². The van der Waals surface area contributed by atoms with E-state index in [2.05, 4.69) is 55.1 Å². The van der Waals surface area contributed by atoms with Gasteiger partial charge in [-0.2, -0.15) is 0 Å². The van der Waals surface area contributed by atoms with Gasteiger partial charge < -0.3 is 44.6 Å². The Morgan fingerprint density at radius 3 is 1.70 bits per heavy atom. The molecular weight excluding hydrogens is 805 g/mol. The number of carboxylic acid groups (broad SMARTS) is 2. The number of aromatic nitrogens is 2. The molecule has 16 nitrogen and oxygen atoms in total. The first-order valence-corrected chi connectivity index (χ1v) is 19.8. The fraction of sp³-hybridized carbons (Fsp3) is 0.500. The Labute approximate surface area is 396 Å². The van der Waals surface area contributed by atoms with Crippen LogP contribution in [0.4, 0.5) is 4.39 Å². The van der Waals surface area contributed by atoms with Gasteiger partial charge in [0.1, 0.15) is 18.2 Å². The third-order valence-electron chi connectivity index (χ3n) is 8.25. The summed E-state index contributed by atoms with van der Waals surface area (Å²) in [5.74, 6) is 2.59. The van der Waals surface area contributed by atoms with Crippen molar-refractivity contribution in [1.29, 1.82) is 0 Å². The zero-order chi connectivity index (χ0) is 43.4. The number of aromatic carboxylic acids is 2. The number of halogens is 1. The number of benzene rings is 1. The van der Waals surface area contributed by atoms with Gasteiger partial charge in [0.15, 0.2) is 11.4 Å². The summed E-state index contributed by atoms with van der Waals surface area (Å²) >= 11 is 0. The van der Waals surface area contributed by atoms with Crippen LogP contribution >= 0.6 is 0 Å². The second-order valence-electron chi connectivity index (χ2n) is 13.2. The minimum absolute atomic E-state index is 0. The maximum atomic E-state index is 14.0. The predicted molar refractivity (Wildman–Crippen MR) is 222 cm³/mol. The van der Waals surface area contributed by atoms with Crippen molar-refractivity contribution < 1.29 is 99.3 Å². The molecule has 1 fully saturated rings. The summed E-state index contributed by atoms with van der Waals surface area (Å²) in [5, 5.41) is 19.8. The molecule has 18 heteroatoms. The van der Waals surface area contributed by atoms with Gasteiger partial charge in [0.05, 0.1) is 69.9 Å². The van der Waals surface area contributed by atoms with Crippen LogP contribution in [0.3, 0.4) is 0 Å². The molecular formula is C42H63FKN7O9. The van der Waals surface area contributed by atoms with Crippen LogP contribution in [0.1, 0.15) is 70.7 Å². The summed E-state index contributed by atoms with van der Waals surface area (Å²) in [6.07, 6.45) is 3.83. The number of hydrazine groups is 1. The molecule has 1 saturated heterocycles. The second kappa shape index (κ2) is 32.6. The van der Waals surface area contributed by atoms with Crippen molar-refractivity contribution in [3.8, 4) is 5.75 Å². The molecule has 0 bridgehead atoms. The van der Waals surface area contributed by atoms with Gasteiger partial charge in [0.2, 0.25) is 0 Å². The van der Waals surface area contributed by atoms with Crippen LogP contribution in [0.15, 0.2) is 60.4 Å². The van der Waals surface area contributed by atoms with E-state index in [0.717, 1.165) is 11.1 Å². The molecule has 1 aliphatic rings. The van der Waals surface area contributed by atoms with E-state index in [1.165, 1.54) is 42.3 Å². The quantitative estimate of drug-likeness (QED) is 0.0881. The molecule has 0 spiro atoms. The van der Waals surface area contributed by atoms with E-state index >= 15 is 0 Å². The number of pyridine rings is 2. The molecule has 0 amide bonds. The third-order valence-corrected chi connectivity index (χ3v) is 8.25. The fourth-order valence-electron chi connectivity index (χ4n) is 5.45. The summed E-state index contributed by atoms with van der Waals surface area (Å²) < 4.78 is 42.6. The van der Waals surface area contributed by atoms with Gasteiger partial charge in [-0.25, -0.2) is 31.0 Å². The molecule has 2 aromatic heterocycles. The number of aryl methyl sites for hydroxylation is 2. The molecule has 1 aliphatic heterocycles. The molecule has 3 heterocycles. The van der Waals surface area contributed by atoms with Crippen LogP contribution in [-0.2, 0) is 38.5 Å². The van der Waals surface area contributed by atoms with Crippen molar-refractivity contribution in [2.24, 2.45) is 11.6 Å². The second-order valence-corrected chi connectivity index (χ2v) is 13.2. The maximum absolute atomic E-state index is 14.0. The summed E-state index contributed by atoms with van der Waals surface area (Å²) in [6.45, 7) is 13.6. The average molecular weight is 868 g/mol. The number of nitrogens with two attached hydrogens (primary N) is 2. The van der Waals surface area contributed by atoms with Crippen molar-refractivity contribution >= 4 is 11.9 Å². The van der Waals surface area contributed by atoms with Gasteiger partial charge >= 0.3 is 63.3 Å². The SMILES string of the molecule is CC.CCCc1ccc(C)cc1.[CH2-]N(N)/C=C(\N)COc1cc(CN2CCOCCOCCN(Cc3cc(F)cc(C(=O)O)n3)CCOCCOCC2)nc(C(=O)O)c1.[K+]. The van der Waals surface area contributed by atoms with E-state index in [1.54, 1.807) is 6.07 Å². The van der Waals surface area contributed by atoms with Gasteiger partial charge in [-0.05, 0) is 25.0 Å². The Kier molecular flexibility index (Phi) is 29.8. The number of ether oxygens (including phenoxy) is 5. The van der Waals surface area contributed by atoms with Crippen molar-refractivity contribution in [2.75, 3.05) is 85.6 Å². The van der Waals surface area contributed by atoms with Crippen molar-refractivity contribution in [2.45, 2.75) is 53.6 Å². The number of hydrogen-bond acceptors (Lipinski definition) is 14. The van der Waals surface area contributed by atoms with Gasteiger partial charge in [0.25, 0.3) is 0 Å². The first-order valence-electron chi connectivity index (χ1n) is 19.8. The molecule has 328 valence electrons. The van der Waals surface area contributed by atoms with Crippen LogP contribution < -0.4 is 67.7 Å². The van der Waals surface area contributed by atoms with Crippen molar-refractivity contribution in [1.82, 2.24) is 24.8 Å². The minimum Gasteiger partial charge on any atom is -0.487 e. The largest absolute Gasteiger partial charge is 1.00 e. The summed E-state index contributed by atoms with van der Waals surface area (Å²) in [6, 6.07) is 13.8. The van der Waals surface area contributed by atoms with Gasteiger partial charge in [0, 0.05) is 63.7 Å². The van der Waals surface area contributed by atoms with Crippen LogP contribution in [-0.4, -0.2) is 133 Å². The number of nitrogens with zero attached hydrogens (tertiary/aromatic N) is 5. The molecule has 6 N–H and O–H groups in total.